The quantitative estimate of drug-likeness (QED) is 0.312. The molecule has 19 heavy (non-hydrogen) atoms. The van der Waals surface area contributed by atoms with Crippen molar-refractivity contribution in [1.82, 2.24) is 0 Å². The zero-order chi connectivity index (χ0) is 15.4. The molecule has 0 aliphatic carbocycles. The monoisotopic (exact) mass is 303 g/mol. The maximum atomic E-state index is 10.7. The van der Waals surface area contributed by atoms with E-state index in [1.165, 1.54) is 19.3 Å². The van der Waals surface area contributed by atoms with Crippen LogP contribution >= 0.6 is 0 Å². The zero-order valence-corrected chi connectivity index (χ0v) is 11.3. The summed E-state index contributed by atoms with van der Waals surface area (Å²) in [5, 5.41) is 8.23. The van der Waals surface area contributed by atoms with E-state index in [9.17, 15) is 13.2 Å². The molecule has 0 spiro atoms. The fourth-order valence-electron chi connectivity index (χ4n) is 0.903. The fourth-order valence-corrected chi connectivity index (χ4v) is 0.903. The average molecular weight is 303 g/mol. The van der Waals surface area contributed by atoms with Gasteiger partial charge in [0.2, 0.25) is 6.61 Å². The summed E-state index contributed by atoms with van der Waals surface area (Å²) in [5.74, 6) is 0. The second-order valence-corrected chi connectivity index (χ2v) is 4.78. The van der Waals surface area contributed by atoms with Gasteiger partial charge in [0.1, 0.15) is 6.42 Å². The van der Waals surface area contributed by atoms with Crippen LogP contribution in [0.1, 0.15) is 38.5 Å². The van der Waals surface area contributed by atoms with Crippen LogP contribution in [0.2, 0.25) is 0 Å². The number of methoxy groups -OCH3 is 1. The number of rotatable bonds is 7. The highest BCUT2D eigenvalue weighted by Gasteiger charge is 2.36. The highest BCUT2D eigenvalue weighted by molar-refractivity contribution is 7.86. The summed E-state index contributed by atoms with van der Waals surface area (Å²) in [5.41, 5.74) is -5.65. The molecule has 0 amide bonds. The first-order valence-corrected chi connectivity index (χ1v) is 6.81. The molecule has 0 unspecified atom stereocenters. The number of ether oxygens (including phenoxy) is 1. The van der Waals surface area contributed by atoms with Crippen molar-refractivity contribution in [2.45, 2.75) is 44.0 Å². The minimum absolute atomic E-state index is 0.702. The van der Waals surface area contributed by atoms with Crippen LogP contribution in [-0.2, 0) is 14.9 Å². The molecule has 0 aliphatic heterocycles. The van der Waals surface area contributed by atoms with Gasteiger partial charge in [-0.3, -0.25) is 0 Å². The minimum Gasteiger partial charge on any atom is -0.741 e. The van der Waals surface area contributed by atoms with Gasteiger partial charge < -0.3 is 4.55 Å². The van der Waals surface area contributed by atoms with Crippen LogP contribution in [0, 0.1) is 17.9 Å². The van der Waals surface area contributed by atoms with Gasteiger partial charge in [0, 0.05) is 6.42 Å². The fraction of sp³-hybridized carbons (Fsp3) is 0.800. The first-order valence-electron chi connectivity index (χ1n) is 5.40. The summed E-state index contributed by atoms with van der Waals surface area (Å²) < 4.78 is 63.7. The van der Waals surface area contributed by atoms with Crippen LogP contribution in [0.5, 0.6) is 0 Å². The van der Waals surface area contributed by atoms with E-state index in [-0.39, 0.29) is 0 Å². The lowest BCUT2D eigenvalue weighted by molar-refractivity contribution is -0.0517. The molecule has 0 aromatic carbocycles. The molecule has 0 N–H and O–H groups in total. The SMILES string of the molecule is CO[CH+]CCCCCCC#N.O=S(=O)([O-])C(F)(F)F. The van der Waals surface area contributed by atoms with E-state index in [0.717, 1.165) is 12.8 Å². The molecular weight excluding hydrogens is 287 g/mol. The van der Waals surface area contributed by atoms with E-state index < -0.39 is 15.6 Å². The normalized spacial score (nSPS) is 11.2. The summed E-state index contributed by atoms with van der Waals surface area (Å²) in [6, 6.07) is 2.14. The van der Waals surface area contributed by atoms with Crippen molar-refractivity contribution < 1.29 is 30.9 Å². The lowest BCUT2D eigenvalue weighted by Crippen LogP contribution is -2.21. The first-order chi connectivity index (χ1) is 8.66. The highest BCUT2D eigenvalue weighted by Crippen LogP contribution is 2.20. The van der Waals surface area contributed by atoms with Crippen LogP contribution < -0.4 is 0 Å². The van der Waals surface area contributed by atoms with Crippen molar-refractivity contribution in [3.05, 3.63) is 6.61 Å². The molecule has 5 nitrogen and oxygen atoms in total. The number of alkyl halides is 3. The third-order valence-corrected chi connectivity index (χ3v) is 2.38. The number of hydrogen-bond donors (Lipinski definition) is 0. The smallest absolute Gasteiger partial charge is 0.485 e. The third-order valence-electron chi connectivity index (χ3n) is 1.81. The summed E-state index contributed by atoms with van der Waals surface area (Å²) >= 11 is 0. The minimum atomic E-state index is -6.09. The van der Waals surface area contributed by atoms with E-state index in [2.05, 4.69) is 6.07 Å². The number of nitrogens with zero attached hydrogens (tertiary/aromatic N) is 1. The zero-order valence-electron chi connectivity index (χ0n) is 10.4. The van der Waals surface area contributed by atoms with Gasteiger partial charge in [-0.05, 0) is 19.3 Å². The Bertz CT molecular complexity index is 349. The molecule has 0 saturated heterocycles. The number of unbranched alkanes of at least 4 members (excludes halogenated alkanes) is 5. The van der Waals surface area contributed by atoms with Crippen molar-refractivity contribution in [3.8, 4) is 6.07 Å². The molecule has 112 valence electrons. The Kier molecular flexibility index (Phi) is 11.7. The maximum Gasteiger partial charge on any atom is 0.485 e. The van der Waals surface area contributed by atoms with Gasteiger partial charge in [-0.1, -0.05) is 6.42 Å². The number of hydrogen-bond acceptors (Lipinski definition) is 5. The Labute approximate surface area is 111 Å². The van der Waals surface area contributed by atoms with Gasteiger partial charge in [-0.15, -0.1) is 0 Å². The molecule has 0 saturated carbocycles. The van der Waals surface area contributed by atoms with Gasteiger partial charge in [-0.25, -0.2) is 8.42 Å². The molecule has 0 bridgehead atoms. The topological polar surface area (TPSA) is 90.2 Å². The molecule has 0 atom stereocenters. The summed E-state index contributed by atoms with van der Waals surface area (Å²) in [6.07, 6.45) is 6.34. The molecule has 0 fully saturated rings. The molecule has 0 heterocycles. The second kappa shape index (κ2) is 10.9. The van der Waals surface area contributed by atoms with Crippen molar-refractivity contribution in [2.75, 3.05) is 7.11 Å². The Morgan fingerprint density at radius 1 is 1.26 bits per heavy atom. The number of halogens is 3. The van der Waals surface area contributed by atoms with Crippen LogP contribution in [0.4, 0.5) is 13.2 Å². The Morgan fingerprint density at radius 2 is 1.74 bits per heavy atom. The standard InChI is InChI=1S/C9H16NO.CHF3O3S/c1-11-9-7-5-3-2-4-6-8-10;2-1(3,4)8(5,6)7/h9H,2-7H2,1H3;(H,5,6,7)/q+1;/p-1. The average Bonchev–Trinajstić information content (AvgIpc) is 2.26. The molecule has 0 rings (SSSR count). The second-order valence-electron chi connectivity index (χ2n) is 3.41. The molecular formula is C10H16F3NO4S. The van der Waals surface area contributed by atoms with Crippen LogP contribution in [0.25, 0.3) is 0 Å². The predicted molar refractivity (Wildman–Crippen MR) is 60.4 cm³/mol. The van der Waals surface area contributed by atoms with E-state index in [1.807, 2.05) is 6.61 Å². The van der Waals surface area contributed by atoms with E-state index in [4.69, 9.17) is 23.0 Å². The van der Waals surface area contributed by atoms with Crippen molar-refractivity contribution in [1.29, 1.82) is 5.26 Å². The molecule has 9 heteroatoms. The predicted octanol–water partition coefficient (Wildman–Crippen LogP) is 2.71. The Hall–Kier alpha value is -0.980. The molecule has 0 aliphatic rings. The summed E-state index contributed by atoms with van der Waals surface area (Å²) in [7, 11) is -4.41. The van der Waals surface area contributed by atoms with Gasteiger partial charge in [0.25, 0.3) is 0 Å². The first kappa shape index (κ1) is 20.3. The van der Waals surface area contributed by atoms with Crippen molar-refractivity contribution in [3.63, 3.8) is 0 Å². The molecule has 0 aromatic rings. The summed E-state index contributed by atoms with van der Waals surface area (Å²) in [6.45, 7) is 1.82. The van der Waals surface area contributed by atoms with Gasteiger partial charge >= 0.3 is 5.51 Å². The van der Waals surface area contributed by atoms with Crippen LogP contribution in [0.15, 0.2) is 0 Å². The Morgan fingerprint density at radius 3 is 2.11 bits per heavy atom. The maximum absolute atomic E-state index is 10.7. The van der Waals surface area contributed by atoms with Gasteiger partial charge in [0.05, 0.1) is 13.2 Å². The van der Waals surface area contributed by atoms with E-state index in [1.54, 1.807) is 7.11 Å². The van der Waals surface area contributed by atoms with E-state index >= 15 is 0 Å². The summed E-state index contributed by atoms with van der Waals surface area (Å²) in [4.78, 5) is 0. The van der Waals surface area contributed by atoms with Gasteiger partial charge in [-0.2, -0.15) is 23.2 Å². The van der Waals surface area contributed by atoms with Crippen molar-refractivity contribution >= 4 is 10.1 Å². The lowest BCUT2D eigenvalue weighted by atomic mass is 10.1. The van der Waals surface area contributed by atoms with Crippen molar-refractivity contribution in [2.24, 2.45) is 0 Å². The van der Waals surface area contributed by atoms with Crippen LogP contribution in [0.3, 0.4) is 0 Å². The molecule has 0 radical (unpaired) electrons. The Balaban J connectivity index is 0. The molecule has 0 aromatic heterocycles. The van der Waals surface area contributed by atoms with Gasteiger partial charge in [0.15, 0.2) is 10.1 Å². The van der Waals surface area contributed by atoms with Crippen LogP contribution in [-0.4, -0.2) is 25.6 Å². The highest BCUT2D eigenvalue weighted by atomic mass is 32.2. The lowest BCUT2D eigenvalue weighted by Gasteiger charge is -2.08. The third kappa shape index (κ3) is 15.0. The largest absolute Gasteiger partial charge is 0.741 e. The van der Waals surface area contributed by atoms with E-state index in [0.29, 0.717) is 6.42 Å². The number of nitriles is 1.